The van der Waals surface area contributed by atoms with Crippen molar-refractivity contribution in [2.24, 2.45) is 11.8 Å². The van der Waals surface area contributed by atoms with Crippen LogP contribution in [0.1, 0.15) is 86.5 Å². The zero-order valence-corrected chi connectivity index (χ0v) is 27.7. The summed E-state index contributed by atoms with van der Waals surface area (Å²) >= 11 is 0. The van der Waals surface area contributed by atoms with Crippen LogP contribution in [0.3, 0.4) is 0 Å². The average Bonchev–Trinajstić information content (AvgIpc) is 3.12. The molecule has 0 radical (unpaired) electrons. The quantitative estimate of drug-likeness (QED) is 0.148. The van der Waals surface area contributed by atoms with Crippen LogP contribution in [0.5, 0.6) is 0 Å². The van der Waals surface area contributed by atoms with Crippen molar-refractivity contribution in [1.82, 2.24) is 9.80 Å². The summed E-state index contributed by atoms with van der Waals surface area (Å²) in [4.78, 5) is 5.43. The largest absolute Gasteiger partial charge is 0.281 e. The van der Waals surface area contributed by atoms with Gasteiger partial charge in [0.25, 0.3) is 0 Å². The van der Waals surface area contributed by atoms with Gasteiger partial charge in [0, 0.05) is 26.2 Å². The first kappa shape index (κ1) is 32.3. The first-order valence-corrected chi connectivity index (χ1v) is 18.0. The third kappa shape index (κ3) is 9.45. The lowest BCUT2D eigenvalue weighted by Crippen LogP contribution is -2.42. The van der Waals surface area contributed by atoms with Gasteiger partial charge in [0.2, 0.25) is 0 Å². The SMILES string of the molecule is C(#CC(C1CCCCC1)N(Cc1ccccc1)Cc1ccccc1)C(C1CCCCC1)N(Cc1ccccc1)Cc1ccccc1. The van der Waals surface area contributed by atoms with Gasteiger partial charge in [-0.05, 0) is 59.8 Å². The predicted octanol–water partition coefficient (Wildman–Crippen LogP) is 10.3. The van der Waals surface area contributed by atoms with Crippen LogP contribution in [-0.2, 0) is 26.2 Å². The Kier molecular flexibility index (Phi) is 12.2. The van der Waals surface area contributed by atoms with Crippen LogP contribution in [0, 0.1) is 23.7 Å². The van der Waals surface area contributed by atoms with Gasteiger partial charge in [-0.1, -0.05) is 172 Å². The summed E-state index contributed by atoms with van der Waals surface area (Å²) in [5.74, 6) is 9.44. The van der Waals surface area contributed by atoms with Gasteiger partial charge in [0.05, 0.1) is 12.1 Å². The van der Waals surface area contributed by atoms with Gasteiger partial charge in [-0.3, -0.25) is 9.80 Å². The second-order valence-electron chi connectivity index (χ2n) is 13.7. The van der Waals surface area contributed by atoms with E-state index in [4.69, 9.17) is 0 Å². The van der Waals surface area contributed by atoms with Gasteiger partial charge < -0.3 is 0 Å². The Balaban J connectivity index is 1.38. The van der Waals surface area contributed by atoms with Crippen LogP contribution in [-0.4, -0.2) is 21.9 Å². The summed E-state index contributed by atoms with van der Waals surface area (Å²) in [5.41, 5.74) is 5.50. The Bertz CT molecular complexity index is 1270. The van der Waals surface area contributed by atoms with E-state index in [0.717, 1.165) is 26.2 Å². The predicted molar refractivity (Wildman–Crippen MR) is 193 cm³/mol. The standard InChI is InChI=1S/C44H52N2/c1-7-19-37(20-8-1)33-45(34-38-21-9-2-10-22-38)43(41-27-15-5-16-28-41)31-32-44(42-29-17-6-18-30-42)46(35-39-23-11-3-12-24-39)36-40-25-13-4-14-26-40/h1-4,7-14,19-26,41-44H,5-6,15-18,27-30,33-36H2. The summed E-state index contributed by atoms with van der Waals surface area (Å²) in [6, 6.07) is 44.8. The van der Waals surface area contributed by atoms with Crippen LogP contribution in [0.4, 0.5) is 0 Å². The van der Waals surface area contributed by atoms with E-state index in [0.29, 0.717) is 11.8 Å². The lowest BCUT2D eigenvalue weighted by Gasteiger charge is -2.38. The highest BCUT2D eigenvalue weighted by atomic mass is 15.2. The molecule has 2 nitrogen and oxygen atoms in total. The van der Waals surface area contributed by atoms with E-state index in [2.05, 4.69) is 143 Å². The van der Waals surface area contributed by atoms with Crippen LogP contribution in [0.15, 0.2) is 121 Å². The molecule has 2 saturated carbocycles. The molecule has 46 heavy (non-hydrogen) atoms. The van der Waals surface area contributed by atoms with Gasteiger partial charge >= 0.3 is 0 Å². The fourth-order valence-corrected chi connectivity index (χ4v) is 7.86. The summed E-state index contributed by atoms with van der Waals surface area (Å²) in [6.45, 7) is 3.71. The molecule has 4 aromatic carbocycles. The Morgan fingerprint density at radius 1 is 0.391 bits per heavy atom. The second kappa shape index (κ2) is 17.3. The molecule has 238 valence electrons. The van der Waals surface area contributed by atoms with Gasteiger partial charge in [-0.25, -0.2) is 0 Å². The van der Waals surface area contributed by atoms with Gasteiger partial charge in [0.15, 0.2) is 0 Å². The first-order valence-electron chi connectivity index (χ1n) is 18.0. The Morgan fingerprint density at radius 2 is 0.652 bits per heavy atom. The monoisotopic (exact) mass is 608 g/mol. The minimum atomic E-state index is 0.238. The van der Waals surface area contributed by atoms with Crippen molar-refractivity contribution in [3.8, 4) is 11.8 Å². The van der Waals surface area contributed by atoms with Crippen molar-refractivity contribution in [2.75, 3.05) is 0 Å². The van der Waals surface area contributed by atoms with Crippen molar-refractivity contribution >= 4 is 0 Å². The topological polar surface area (TPSA) is 6.48 Å². The molecule has 0 aromatic heterocycles. The molecule has 2 aliphatic rings. The molecule has 2 atom stereocenters. The normalized spacial score (nSPS) is 17.3. The molecule has 0 bridgehead atoms. The van der Waals surface area contributed by atoms with Crippen LogP contribution in [0.2, 0.25) is 0 Å². The Labute approximate surface area is 278 Å². The highest BCUT2D eigenvalue weighted by Gasteiger charge is 2.31. The highest BCUT2D eigenvalue weighted by molar-refractivity contribution is 5.24. The smallest absolute Gasteiger partial charge is 0.0749 e. The lowest BCUT2D eigenvalue weighted by atomic mass is 9.81. The van der Waals surface area contributed by atoms with Gasteiger partial charge in [-0.2, -0.15) is 0 Å². The minimum absolute atomic E-state index is 0.238. The fraction of sp³-hybridized carbons (Fsp3) is 0.409. The van der Waals surface area contributed by atoms with E-state index in [1.807, 2.05) is 0 Å². The van der Waals surface area contributed by atoms with Crippen molar-refractivity contribution in [3.63, 3.8) is 0 Å². The van der Waals surface area contributed by atoms with Crippen molar-refractivity contribution in [3.05, 3.63) is 144 Å². The molecule has 0 spiro atoms. The molecule has 0 N–H and O–H groups in total. The molecule has 2 aliphatic carbocycles. The molecule has 0 saturated heterocycles. The Morgan fingerprint density at radius 3 is 0.913 bits per heavy atom. The Hall–Kier alpha value is -3.64. The highest BCUT2D eigenvalue weighted by Crippen LogP contribution is 2.33. The fourth-order valence-electron chi connectivity index (χ4n) is 7.86. The van der Waals surface area contributed by atoms with Gasteiger partial charge in [0.1, 0.15) is 0 Å². The molecule has 0 aliphatic heterocycles. The summed E-state index contributed by atoms with van der Waals surface area (Å²) in [6.07, 6.45) is 13.2. The molecular formula is C44H52N2. The zero-order valence-electron chi connectivity index (χ0n) is 27.7. The van der Waals surface area contributed by atoms with E-state index in [1.165, 1.54) is 86.5 Å². The summed E-state index contributed by atoms with van der Waals surface area (Å²) in [5, 5.41) is 0. The molecule has 2 heteroatoms. The maximum Gasteiger partial charge on any atom is 0.0749 e. The number of hydrogen-bond acceptors (Lipinski definition) is 2. The van der Waals surface area contributed by atoms with Crippen LogP contribution in [0.25, 0.3) is 0 Å². The molecular weight excluding hydrogens is 556 g/mol. The number of rotatable bonds is 12. The van der Waals surface area contributed by atoms with Crippen molar-refractivity contribution in [2.45, 2.75) is 102 Å². The minimum Gasteiger partial charge on any atom is -0.281 e. The molecule has 6 rings (SSSR count). The van der Waals surface area contributed by atoms with E-state index in [1.54, 1.807) is 0 Å². The third-order valence-electron chi connectivity index (χ3n) is 10.3. The molecule has 0 amide bonds. The molecule has 2 unspecified atom stereocenters. The van der Waals surface area contributed by atoms with Crippen molar-refractivity contribution in [1.29, 1.82) is 0 Å². The van der Waals surface area contributed by atoms with Crippen LogP contribution < -0.4 is 0 Å². The molecule has 0 heterocycles. The van der Waals surface area contributed by atoms with E-state index < -0.39 is 0 Å². The first-order chi connectivity index (χ1) is 22.8. The number of benzene rings is 4. The average molecular weight is 609 g/mol. The zero-order chi connectivity index (χ0) is 31.2. The maximum absolute atomic E-state index is 4.11. The number of hydrogen-bond donors (Lipinski definition) is 0. The second-order valence-corrected chi connectivity index (χ2v) is 13.7. The van der Waals surface area contributed by atoms with E-state index in [9.17, 15) is 0 Å². The number of nitrogens with zero attached hydrogens (tertiary/aromatic N) is 2. The van der Waals surface area contributed by atoms with E-state index in [-0.39, 0.29) is 12.1 Å². The summed E-state index contributed by atoms with van der Waals surface area (Å²) < 4.78 is 0. The van der Waals surface area contributed by atoms with Crippen LogP contribution >= 0.6 is 0 Å². The van der Waals surface area contributed by atoms with E-state index >= 15 is 0 Å². The molecule has 4 aromatic rings. The summed E-state index contributed by atoms with van der Waals surface area (Å²) in [7, 11) is 0. The molecule has 2 fully saturated rings. The lowest BCUT2D eigenvalue weighted by molar-refractivity contribution is 0.134. The third-order valence-corrected chi connectivity index (χ3v) is 10.3. The van der Waals surface area contributed by atoms with Crippen molar-refractivity contribution < 1.29 is 0 Å². The maximum atomic E-state index is 4.11. The van der Waals surface area contributed by atoms with Gasteiger partial charge in [-0.15, -0.1) is 0 Å².